The van der Waals surface area contributed by atoms with Gasteiger partial charge in [0.25, 0.3) is 10.0 Å². The van der Waals surface area contributed by atoms with Crippen LogP contribution in [0.25, 0.3) is 0 Å². The summed E-state index contributed by atoms with van der Waals surface area (Å²) in [6, 6.07) is 0. The van der Waals surface area contributed by atoms with Gasteiger partial charge in [0.2, 0.25) is 0 Å². The number of halogens is 5. The van der Waals surface area contributed by atoms with Crippen molar-refractivity contribution < 1.29 is 30.4 Å². The number of sulfonamides is 1. The molecule has 0 aliphatic heterocycles. The van der Waals surface area contributed by atoms with Crippen LogP contribution in [0.15, 0.2) is 0 Å². The van der Waals surface area contributed by atoms with E-state index in [2.05, 4.69) is 6.92 Å². The third-order valence-corrected chi connectivity index (χ3v) is 4.98. The molecule has 0 saturated heterocycles. The molecule has 0 spiro atoms. The van der Waals surface area contributed by atoms with Gasteiger partial charge in [0, 0.05) is 6.54 Å². The number of unbranched alkanes of at least 4 members (excludes halogenated alkanes) is 9. The summed E-state index contributed by atoms with van der Waals surface area (Å²) in [5.41, 5.74) is 0. The van der Waals surface area contributed by atoms with E-state index >= 15 is 0 Å². The summed E-state index contributed by atoms with van der Waals surface area (Å²) in [7, 11) is -5.74. The molecule has 0 aromatic heterocycles. The lowest BCUT2D eigenvalue weighted by Gasteiger charge is -2.19. The lowest BCUT2D eigenvalue weighted by atomic mass is 10.1. The predicted octanol–water partition coefficient (Wildman–Crippen LogP) is 4.98. The number of hydrogen-bond acceptors (Lipinski definition) is 2. The standard InChI is InChI=1S/C14H26F5NO2S/c1-2-3-4-5-6-7-8-9-10-11-12-20-23(21,22)14(18,19)13(15,16)17/h20H,2-12H2,1H3. The van der Waals surface area contributed by atoms with Crippen LogP contribution in [0.4, 0.5) is 22.0 Å². The van der Waals surface area contributed by atoms with E-state index in [9.17, 15) is 30.4 Å². The van der Waals surface area contributed by atoms with Crippen molar-refractivity contribution in [1.29, 1.82) is 0 Å². The summed E-state index contributed by atoms with van der Waals surface area (Å²) in [5, 5.41) is -5.77. The van der Waals surface area contributed by atoms with Gasteiger partial charge in [-0.05, 0) is 6.42 Å². The molecule has 0 fully saturated rings. The van der Waals surface area contributed by atoms with E-state index in [1.54, 1.807) is 0 Å². The highest BCUT2D eigenvalue weighted by molar-refractivity contribution is 7.90. The number of alkyl halides is 5. The summed E-state index contributed by atoms with van der Waals surface area (Å²) in [6.07, 6.45) is 3.47. The van der Waals surface area contributed by atoms with Crippen molar-refractivity contribution in [1.82, 2.24) is 4.72 Å². The van der Waals surface area contributed by atoms with Crippen molar-refractivity contribution in [2.45, 2.75) is 82.6 Å². The molecule has 0 saturated carbocycles. The second-order valence-electron chi connectivity index (χ2n) is 5.59. The molecule has 0 atom stereocenters. The van der Waals surface area contributed by atoms with Crippen LogP contribution in [-0.4, -0.2) is 26.4 Å². The zero-order valence-electron chi connectivity index (χ0n) is 13.4. The van der Waals surface area contributed by atoms with E-state index in [1.807, 2.05) is 0 Å². The lowest BCUT2D eigenvalue weighted by Crippen LogP contribution is -2.50. The Hall–Kier alpha value is -0.440. The fraction of sp³-hybridized carbons (Fsp3) is 1.00. The van der Waals surface area contributed by atoms with Crippen LogP contribution in [0.2, 0.25) is 0 Å². The summed E-state index contributed by atoms with van der Waals surface area (Å²) in [4.78, 5) is 0. The highest BCUT2D eigenvalue weighted by Gasteiger charge is 2.67. The molecular weight excluding hydrogens is 341 g/mol. The molecule has 23 heavy (non-hydrogen) atoms. The molecule has 0 aliphatic carbocycles. The zero-order chi connectivity index (χ0) is 18.0. The monoisotopic (exact) mass is 367 g/mol. The van der Waals surface area contributed by atoms with E-state index in [0.717, 1.165) is 25.7 Å². The third-order valence-electron chi connectivity index (χ3n) is 3.49. The molecule has 1 N–H and O–H groups in total. The summed E-state index contributed by atoms with van der Waals surface area (Å²) in [6.45, 7) is 1.73. The summed E-state index contributed by atoms with van der Waals surface area (Å²) >= 11 is 0. The smallest absolute Gasteiger partial charge is 0.210 e. The van der Waals surface area contributed by atoms with Gasteiger partial charge in [-0.15, -0.1) is 0 Å². The van der Waals surface area contributed by atoms with E-state index < -0.39 is 28.0 Å². The van der Waals surface area contributed by atoms with Crippen LogP contribution in [0.1, 0.15) is 71.1 Å². The minimum atomic E-state index is -6.11. The highest BCUT2D eigenvalue weighted by Crippen LogP contribution is 2.39. The first kappa shape index (κ1) is 22.6. The van der Waals surface area contributed by atoms with E-state index in [0.29, 0.717) is 6.42 Å². The maximum Gasteiger partial charge on any atom is 0.470 e. The fourth-order valence-corrected chi connectivity index (χ4v) is 2.96. The molecule has 0 heterocycles. The Morgan fingerprint density at radius 1 is 0.739 bits per heavy atom. The van der Waals surface area contributed by atoms with Gasteiger partial charge in [-0.25, -0.2) is 13.1 Å². The Morgan fingerprint density at radius 2 is 1.13 bits per heavy atom. The first-order valence-corrected chi connectivity index (χ1v) is 9.48. The Balaban J connectivity index is 3.76. The largest absolute Gasteiger partial charge is 0.470 e. The van der Waals surface area contributed by atoms with Gasteiger partial charge >= 0.3 is 11.4 Å². The minimum Gasteiger partial charge on any atom is -0.210 e. The average molecular weight is 367 g/mol. The quantitative estimate of drug-likeness (QED) is 0.368. The van der Waals surface area contributed by atoms with Crippen LogP contribution in [0, 0.1) is 0 Å². The summed E-state index contributed by atoms with van der Waals surface area (Å²) < 4.78 is 84.7. The van der Waals surface area contributed by atoms with E-state index in [4.69, 9.17) is 0 Å². The minimum absolute atomic E-state index is 0.239. The van der Waals surface area contributed by atoms with Gasteiger partial charge in [-0.1, -0.05) is 64.7 Å². The fourth-order valence-electron chi connectivity index (χ4n) is 2.06. The maximum atomic E-state index is 12.7. The Morgan fingerprint density at radius 3 is 1.52 bits per heavy atom. The Labute approximate surface area is 135 Å². The van der Waals surface area contributed by atoms with Crippen molar-refractivity contribution >= 4 is 10.0 Å². The summed E-state index contributed by atoms with van der Waals surface area (Å²) in [5.74, 6) is 0. The predicted molar refractivity (Wildman–Crippen MR) is 79.8 cm³/mol. The third kappa shape index (κ3) is 8.28. The SMILES string of the molecule is CCCCCCCCCCCCNS(=O)(=O)C(F)(F)C(F)(F)F. The van der Waals surface area contributed by atoms with Crippen LogP contribution >= 0.6 is 0 Å². The van der Waals surface area contributed by atoms with Gasteiger partial charge in [0.05, 0.1) is 0 Å². The molecule has 0 aliphatic rings. The van der Waals surface area contributed by atoms with Gasteiger partial charge in [0.1, 0.15) is 0 Å². The van der Waals surface area contributed by atoms with Crippen molar-refractivity contribution in [3.63, 3.8) is 0 Å². The van der Waals surface area contributed by atoms with E-state index in [-0.39, 0.29) is 6.42 Å². The van der Waals surface area contributed by atoms with Gasteiger partial charge in [-0.2, -0.15) is 22.0 Å². The number of nitrogens with one attached hydrogen (secondary N) is 1. The lowest BCUT2D eigenvalue weighted by molar-refractivity contribution is -0.241. The van der Waals surface area contributed by atoms with Gasteiger partial charge in [0.15, 0.2) is 0 Å². The zero-order valence-corrected chi connectivity index (χ0v) is 14.2. The molecule has 0 aromatic rings. The van der Waals surface area contributed by atoms with Crippen molar-refractivity contribution in [2.75, 3.05) is 6.54 Å². The number of rotatable bonds is 13. The maximum absolute atomic E-state index is 12.7. The normalized spacial score (nSPS) is 13.5. The number of hydrogen-bond donors (Lipinski definition) is 1. The van der Waals surface area contributed by atoms with Gasteiger partial charge in [-0.3, -0.25) is 0 Å². The first-order chi connectivity index (χ1) is 10.6. The highest BCUT2D eigenvalue weighted by atomic mass is 32.2. The second kappa shape index (κ2) is 10.4. The molecule has 0 amide bonds. The van der Waals surface area contributed by atoms with Crippen molar-refractivity contribution in [2.24, 2.45) is 0 Å². The molecule has 140 valence electrons. The Bertz CT molecular complexity index is 410. The molecule has 0 rings (SSSR count). The second-order valence-corrected chi connectivity index (χ2v) is 7.40. The average Bonchev–Trinajstić information content (AvgIpc) is 2.43. The van der Waals surface area contributed by atoms with Crippen LogP contribution in [-0.2, 0) is 10.0 Å². The molecule has 3 nitrogen and oxygen atoms in total. The topological polar surface area (TPSA) is 46.2 Å². The van der Waals surface area contributed by atoms with Crippen molar-refractivity contribution in [3.8, 4) is 0 Å². The molecule has 0 radical (unpaired) electrons. The molecule has 9 heteroatoms. The van der Waals surface area contributed by atoms with Gasteiger partial charge < -0.3 is 0 Å². The molecule has 0 unspecified atom stereocenters. The molecular formula is C14H26F5NO2S. The molecule has 0 aromatic carbocycles. The Kier molecular flexibility index (Phi) is 10.2. The molecule has 0 bridgehead atoms. The van der Waals surface area contributed by atoms with Crippen molar-refractivity contribution in [3.05, 3.63) is 0 Å². The van der Waals surface area contributed by atoms with Crippen LogP contribution in [0.5, 0.6) is 0 Å². The van der Waals surface area contributed by atoms with E-state index in [1.165, 1.54) is 30.4 Å². The van der Waals surface area contributed by atoms with Crippen LogP contribution in [0.3, 0.4) is 0 Å². The van der Waals surface area contributed by atoms with Crippen LogP contribution < -0.4 is 4.72 Å². The first-order valence-electron chi connectivity index (χ1n) is 8.00.